The van der Waals surface area contributed by atoms with E-state index in [1.165, 1.54) is 31.4 Å². The summed E-state index contributed by atoms with van der Waals surface area (Å²) < 4.78 is 30.8. The first-order valence-electron chi connectivity index (χ1n) is 13.7. The zero-order valence-electron chi connectivity index (χ0n) is 24.8. The zero-order chi connectivity index (χ0) is 32.5. The molecule has 12 nitrogen and oxygen atoms in total. The number of esters is 2. The van der Waals surface area contributed by atoms with Gasteiger partial charge < -0.3 is 24.8 Å². The first-order valence-corrected chi connectivity index (χ1v) is 15.5. The van der Waals surface area contributed by atoms with Crippen molar-refractivity contribution in [1.29, 1.82) is 0 Å². The molecule has 2 heterocycles. The van der Waals surface area contributed by atoms with Gasteiger partial charge in [0.05, 0.1) is 43.7 Å². The highest BCUT2D eigenvalue weighted by atomic mass is 32.2. The monoisotopic (exact) mass is 655 g/mol. The van der Waals surface area contributed by atoms with Gasteiger partial charge in [-0.3, -0.25) is 14.2 Å². The quantitative estimate of drug-likeness (QED) is 0.152. The van der Waals surface area contributed by atoms with Gasteiger partial charge in [-0.1, -0.05) is 23.9 Å². The lowest BCUT2D eigenvalue weighted by atomic mass is 10.1. The van der Waals surface area contributed by atoms with Gasteiger partial charge in [-0.05, 0) is 62.7 Å². The van der Waals surface area contributed by atoms with E-state index >= 15 is 0 Å². The topological polar surface area (TPSA) is 151 Å². The van der Waals surface area contributed by atoms with Gasteiger partial charge in [0.25, 0.3) is 5.91 Å². The van der Waals surface area contributed by atoms with Crippen LogP contribution in [0.15, 0.2) is 53.7 Å². The molecule has 0 saturated heterocycles. The number of thioether (sulfide) groups is 1. The smallest absolute Gasteiger partial charge is 0.348 e. The van der Waals surface area contributed by atoms with E-state index in [1.807, 2.05) is 0 Å². The number of nitrogens with zero attached hydrogens (tertiary/aromatic N) is 3. The minimum Gasteiger partial charge on any atom is -0.496 e. The number of halogens is 1. The Morgan fingerprint density at radius 1 is 0.978 bits per heavy atom. The number of hydrogen-bond donors (Lipinski definition) is 2. The molecule has 0 radical (unpaired) electrons. The minimum atomic E-state index is -0.680. The lowest BCUT2D eigenvalue weighted by Gasteiger charge is -2.12. The fraction of sp³-hybridized carbons (Fsp3) is 0.267. The largest absolute Gasteiger partial charge is 0.496 e. The van der Waals surface area contributed by atoms with E-state index in [4.69, 9.17) is 14.2 Å². The fourth-order valence-corrected chi connectivity index (χ4v) is 6.06. The number of methoxy groups -OCH3 is 1. The van der Waals surface area contributed by atoms with Crippen molar-refractivity contribution < 1.29 is 37.8 Å². The van der Waals surface area contributed by atoms with Crippen molar-refractivity contribution in [3.8, 4) is 11.4 Å². The van der Waals surface area contributed by atoms with Crippen LogP contribution in [0.1, 0.15) is 55.6 Å². The van der Waals surface area contributed by atoms with Crippen molar-refractivity contribution >= 4 is 51.9 Å². The highest BCUT2D eigenvalue weighted by Gasteiger charge is 2.27. The third-order valence-corrected chi connectivity index (χ3v) is 8.33. The number of hydrogen-bond acceptors (Lipinski definition) is 11. The molecular weight excluding hydrogens is 625 g/mol. The summed E-state index contributed by atoms with van der Waals surface area (Å²) in [5.74, 6) is -2.08. The molecule has 0 aliphatic heterocycles. The van der Waals surface area contributed by atoms with Gasteiger partial charge in [-0.25, -0.2) is 14.0 Å². The van der Waals surface area contributed by atoms with Gasteiger partial charge in [0, 0.05) is 5.69 Å². The molecule has 0 aliphatic rings. The predicted octanol–water partition coefficient (Wildman–Crippen LogP) is 4.80. The van der Waals surface area contributed by atoms with Crippen LogP contribution in [-0.4, -0.2) is 64.6 Å². The second-order valence-corrected chi connectivity index (χ2v) is 11.1. The Morgan fingerprint density at radius 3 is 2.36 bits per heavy atom. The minimum absolute atomic E-state index is 0.0397. The Labute approximate surface area is 266 Å². The summed E-state index contributed by atoms with van der Waals surface area (Å²) in [6, 6.07) is 12.3. The predicted molar refractivity (Wildman–Crippen MR) is 166 cm³/mol. The van der Waals surface area contributed by atoms with E-state index < -0.39 is 29.6 Å². The zero-order valence-corrected chi connectivity index (χ0v) is 26.5. The number of carbonyl (C=O) groups excluding carboxylic acids is 4. The third-order valence-electron chi connectivity index (χ3n) is 6.22. The molecule has 0 aliphatic carbocycles. The van der Waals surface area contributed by atoms with Gasteiger partial charge in [0.15, 0.2) is 11.0 Å². The lowest BCUT2D eigenvalue weighted by Crippen LogP contribution is -2.25. The van der Waals surface area contributed by atoms with Crippen LogP contribution in [0.2, 0.25) is 0 Å². The molecule has 15 heteroatoms. The molecular formula is C30H30FN5O7S2. The standard InChI is InChI=1S/C30H30FN5O7S2/c1-5-42-28(39)24-17(3)25(29(40)43-6-2)45-27(24)33-23(37)16-44-30-35-34-22(36(30)19-13-11-18(31)12-14-19)15-32-26(38)20-9-7-8-10-21(20)41-4/h7-14H,5-6,15-16H2,1-4H3,(H,32,38)(H,33,37). The maximum absolute atomic E-state index is 13.7. The van der Waals surface area contributed by atoms with Gasteiger partial charge in [-0.2, -0.15) is 0 Å². The maximum atomic E-state index is 13.7. The van der Waals surface area contributed by atoms with E-state index in [-0.39, 0.29) is 41.0 Å². The number of benzene rings is 2. The van der Waals surface area contributed by atoms with Gasteiger partial charge in [0.1, 0.15) is 21.4 Å². The van der Waals surface area contributed by atoms with Crippen molar-refractivity contribution in [2.45, 2.75) is 32.5 Å². The Hall–Kier alpha value is -4.76. The number of nitrogens with one attached hydrogen (secondary N) is 2. The molecule has 0 spiro atoms. The number of aromatic nitrogens is 3. The summed E-state index contributed by atoms with van der Waals surface area (Å²) in [5, 5.41) is 14.3. The molecule has 4 aromatic rings. The van der Waals surface area contributed by atoms with Crippen molar-refractivity contribution in [2.75, 3.05) is 31.4 Å². The fourth-order valence-electron chi connectivity index (χ4n) is 4.18. The van der Waals surface area contributed by atoms with Crippen LogP contribution in [0.3, 0.4) is 0 Å². The molecule has 2 aromatic heterocycles. The Kier molecular flexibility index (Phi) is 11.3. The number of amides is 2. The first-order chi connectivity index (χ1) is 21.7. The van der Waals surface area contributed by atoms with Crippen LogP contribution >= 0.6 is 23.1 Å². The van der Waals surface area contributed by atoms with Gasteiger partial charge >= 0.3 is 11.9 Å². The van der Waals surface area contributed by atoms with Crippen molar-refractivity contribution in [3.63, 3.8) is 0 Å². The molecule has 0 unspecified atom stereocenters. The molecule has 0 fully saturated rings. The normalized spacial score (nSPS) is 10.7. The van der Waals surface area contributed by atoms with Gasteiger partial charge in [-0.15, -0.1) is 21.5 Å². The number of anilines is 1. The average molecular weight is 656 g/mol. The molecule has 0 bridgehead atoms. The van der Waals surface area contributed by atoms with Crippen LogP contribution in [0.25, 0.3) is 5.69 Å². The number of para-hydroxylation sites is 1. The average Bonchev–Trinajstić information content (AvgIpc) is 3.59. The summed E-state index contributed by atoms with van der Waals surface area (Å²) in [6.07, 6.45) is 0. The van der Waals surface area contributed by atoms with E-state index in [0.29, 0.717) is 33.5 Å². The van der Waals surface area contributed by atoms with E-state index in [9.17, 15) is 23.6 Å². The molecule has 0 saturated carbocycles. The number of carbonyl (C=O) groups is 4. The van der Waals surface area contributed by atoms with Crippen LogP contribution in [-0.2, 0) is 20.8 Å². The maximum Gasteiger partial charge on any atom is 0.348 e. The molecule has 4 rings (SSSR count). The lowest BCUT2D eigenvalue weighted by molar-refractivity contribution is -0.113. The van der Waals surface area contributed by atoms with Crippen molar-refractivity contribution in [2.24, 2.45) is 0 Å². The highest BCUT2D eigenvalue weighted by molar-refractivity contribution is 7.99. The summed E-state index contributed by atoms with van der Waals surface area (Å²) >= 11 is 1.95. The molecule has 236 valence electrons. The Balaban J connectivity index is 1.55. The molecule has 2 amide bonds. The van der Waals surface area contributed by atoms with E-state index in [1.54, 1.807) is 49.6 Å². The molecule has 2 aromatic carbocycles. The second kappa shape index (κ2) is 15.3. The number of rotatable bonds is 13. The number of thiophene rings is 1. The Morgan fingerprint density at radius 2 is 1.67 bits per heavy atom. The van der Waals surface area contributed by atoms with Crippen molar-refractivity contribution in [3.05, 3.63) is 81.7 Å². The molecule has 2 N–H and O–H groups in total. The summed E-state index contributed by atoms with van der Waals surface area (Å²) in [6.45, 7) is 5.10. The van der Waals surface area contributed by atoms with E-state index in [2.05, 4.69) is 20.8 Å². The van der Waals surface area contributed by atoms with Crippen molar-refractivity contribution in [1.82, 2.24) is 20.1 Å². The van der Waals surface area contributed by atoms with E-state index in [0.717, 1.165) is 23.1 Å². The second-order valence-electron chi connectivity index (χ2n) is 9.13. The SMILES string of the molecule is CCOC(=O)c1sc(NC(=O)CSc2nnc(CNC(=O)c3ccccc3OC)n2-c2ccc(F)cc2)c(C(=O)OCC)c1C. The first kappa shape index (κ1) is 33.1. The summed E-state index contributed by atoms with van der Waals surface area (Å²) in [7, 11) is 1.47. The number of ether oxygens (including phenoxy) is 3. The Bertz CT molecular complexity index is 1710. The molecule has 45 heavy (non-hydrogen) atoms. The van der Waals surface area contributed by atoms with Crippen LogP contribution in [0.5, 0.6) is 5.75 Å². The summed E-state index contributed by atoms with van der Waals surface area (Å²) in [5.41, 5.74) is 1.25. The van der Waals surface area contributed by atoms with Gasteiger partial charge in [0.2, 0.25) is 5.91 Å². The third kappa shape index (κ3) is 7.85. The van der Waals surface area contributed by atoms with Crippen LogP contribution < -0.4 is 15.4 Å². The summed E-state index contributed by atoms with van der Waals surface area (Å²) in [4.78, 5) is 51.3. The van der Waals surface area contributed by atoms with Crippen LogP contribution in [0.4, 0.5) is 9.39 Å². The molecule has 0 atom stereocenters. The highest BCUT2D eigenvalue weighted by Crippen LogP contribution is 2.35. The van der Waals surface area contributed by atoms with Crippen LogP contribution in [0, 0.1) is 12.7 Å².